The Balaban J connectivity index is 2.08. The quantitative estimate of drug-likeness (QED) is 0.845. The largest absolute Gasteiger partial charge is 0.370 e. The summed E-state index contributed by atoms with van der Waals surface area (Å²) in [6.07, 6.45) is 5.88. The lowest BCUT2D eigenvalue weighted by molar-refractivity contribution is 0.709. The van der Waals surface area contributed by atoms with Crippen LogP contribution < -0.4 is 5.32 Å². The lowest BCUT2D eigenvalue weighted by Gasteiger charge is -2.13. The molecule has 2 heterocycles. The number of thiophene rings is 1. The van der Waals surface area contributed by atoms with Gasteiger partial charge in [0.25, 0.3) is 0 Å². The first-order valence-electron chi connectivity index (χ1n) is 7.16. The number of hydrogen-bond acceptors (Lipinski definition) is 4. The molecule has 3 nitrogen and oxygen atoms in total. The SMILES string of the molecule is CCNc1nc(-c2cc(Cl)cs2)nc2c1CCCCC2. The molecule has 1 aliphatic carbocycles. The van der Waals surface area contributed by atoms with Crippen molar-refractivity contribution in [1.82, 2.24) is 9.97 Å². The van der Waals surface area contributed by atoms with Gasteiger partial charge >= 0.3 is 0 Å². The second kappa shape index (κ2) is 6.10. The van der Waals surface area contributed by atoms with Crippen LogP contribution in [0.4, 0.5) is 5.82 Å². The zero-order valence-electron chi connectivity index (χ0n) is 11.6. The Morgan fingerprint density at radius 2 is 2.10 bits per heavy atom. The van der Waals surface area contributed by atoms with Crippen LogP contribution in [0, 0.1) is 0 Å². The molecule has 0 atom stereocenters. The van der Waals surface area contributed by atoms with E-state index in [1.807, 2.05) is 11.4 Å². The van der Waals surface area contributed by atoms with Crippen molar-refractivity contribution in [3.05, 3.63) is 27.7 Å². The third-order valence-electron chi connectivity index (χ3n) is 3.57. The third kappa shape index (κ3) is 2.81. The van der Waals surface area contributed by atoms with E-state index < -0.39 is 0 Å². The van der Waals surface area contributed by atoms with Crippen LogP contribution in [0.1, 0.15) is 37.4 Å². The highest BCUT2D eigenvalue weighted by molar-refractivity contribution is 7.14. The van der Waals surface area contributed by atoms with Crippen molar-refractivity contribution >= 4 is 28.8 Å². The van der Waals surface area contributed by atoms with E-state index in [0.717, 1.165) is 40.9 Å². The number of hydrogen-bond donors (Lipinski definition) is 1. The molecule has 0 unspecified atom stereocenters. The molecular formula is C15H18ClN3S. The second-order valence-corrected chi connectivity index (χ2v) is 6.39. The minimum Gasteiger partial charge on any atom is -0.370 e. The Morgan fingerprint density at radius 3 is 2.85 bits per heavy atom. The third-order valence-corrected chi connectivity index (χ3v) is 4.84. The first-order chi connectivity index (χ1) is 9.78. The number of nitrogens with one attached hydrogen (secondary N) is 1. The molecule has 0 radical (unpaired) electrons. The average Bonchev–Trinajstić information content (AvgIpc) is 2.73. The van der Waals surface area contributed by atoms with Gasteiger partial charge in [-0.15, -0.1) is 11.3 Å². The summed E-state index contributed by atoms with van der Waals surface area (Å²) in [6, 6.07) is 1.94. The molecular weight excluding hydrogens is 290 g/mol. The zero-order chi connectivity index (χ0) is 13.9. The molecule has 0 amide bonds. The first-order valence-corrected chi connectivity index (χ1v) is 8.41. The van der Waals surface area contributed by atoms with E-state index in [1.54, 1.807) is 11.3 Å². The van der Waals surface area contributed by atoms with Gasteiger partial charge in [0.1, 0.15) is 5.82 Å². The second-order valence-electron chi connectivity index (χ2n) is 5.04. The number of aromatic nitrogens is 2. The van der Waals surface area contributed by atoms with Crippen molar-refractivity contribution in [3.8, 4) is 10.7 Å². The number of fused-ring (bicyclic) bond motifs is 1. The molecule has 0 spiro atoms. The molecule has 5 heteroatoms. The predicted molar refractivity (Wildman–Crippen MR) is 85.8 cm³/mol. The summed E-state index contributed by atoms with van der Waals surface area (Å²) in [5.74, 6) is 1.82. The smallest absolute Gasteiger partial charge is 0.171 e. The molecule has 0 fully saturated rings. The highest BCUT2D eigenvalue weighted by Crippen LogP contribution is 2.31. The van der Waals surface area contributed by atoms with Crippen LogP contribution in [0.25, 0.3) is 10.7 Å². The molecule has 1 aliphatic rings. The monoisotopic (exact) mass is 307 g/mol. The number of anilines is 1. The van der Waals surface area contributed by atoms with E-state index in [-0.39, 0.29) is 0 Å². The van der Waals surface area contributed by atoms with Crippen LogP contribution in [-0.4, -0.2) is 16.5 Å². The summed E-state index contributed by atoms with van der Waals surface area (Å²) in [5, 5.41) is 6.09. The summed E-state index contributed by atoms with van der Waals surface area (Å²) in [6.45, 7) is 2.99. The van der Waals surface area contributed by atoms with Gasteiger partial charge in [-0.3, -0.25) is 0 Å². The molecule has 0 bridgehead atoms. The minimum atomic E-state index is 0.758. The zero-order valence-corrected chi connectivity index (χ0v) is 13.2. The van der Waals surface area contributed by atoms with Gasteiger partial charge in [-0.1, -0.05) is 18.0 Å². The van der Waals surface area contributed by atoms with Crippen LogP contribution in [0.15, 0.2) is 11.4 Å². The summed E-state index contributed by atoms with van der Waals surface area (Å²) >= 11 is 7.62. The molecule has 0 aliphatic heterocycles. The summed E-state index contributed by atoms with van der Waals surface area (Å²) < 4.78 is 0. The van der Waals surface area contributed by atoms with Gasteiger partial charge in [0.05, 0.1) is 9.90 Å². The molecule has 2 aromatic heterocycles. The molecule has 0 saturated heterocycles. The van der Waals surface area contributed by atoms with Crippen molar-refractivity contribution in [1.29, 1.82) is 0 Å². The maximum atomic E-state index is 6.02. The maximum absolute atomic E-state index is 6.02. The Labute approximate surface area is 128 Å². The van der Waals surface area contributed by atoms with Gasteiger partial charge in [0.2, 0.25) is 0 Å². The standard InChI is InChI=1S/C15H18ClN3S/c1-2-17-14-11-6-4-3-5-7-12(11)18-15(19-14)13-8-10(16)9-20-13/h8-9H,2-7H2,1H3,(H,17,18,19). The molecule has 3 rings (SSSR count). The number of aryl methyl sites for hydroxylation is 1. The van der Waals surface area contributed by atoms with E-state index in [2.05, 4.69) is 12.2 Å². The van der Waals surface area contributed by atoms with Gasteiger partial charge in [-0.2, -0.15) is 0 Å². The van der Waals surface area contributed by atoms with Gasteiger partial charge < -0.3 is 5.32 Å². The van der Waals surface area contributed by atoms with E-state index in [0.29, 0.717) is 0 Å². The average molecular weight is 308 g/mol. The van der Waals surface area contributed by atoms with Crippen molar-refractivity contribution in [2.45, 2.75) is 39.0 Å². The topological polar surface area (TPSA) is 37.8 Å². The maximum Gasteiger partial charge on any atom is 0.171 e. The molecule has 2 aromatic rings. The van der Waals surface area contributed by atoms with Gasteiger partial charge in [-0.25, -0.2) is 9.97 Å². The number of nitrogens with zero attached hydrogens (tertiary/aromatic N) is 2. The molecule has 106 valence electrons. The minimum absolute atomic E-state index is 0.758. The van der Waals surface area contributed by atoms with Gasteiger partial charge in [0, 0.05) is 23.2 Å². The van der Waals surface area contributed by atoms with Crippen LogP contribution in [0.5, 0.6) is 0 Å². The molecule has 0 saturated carbocycles. The normalized spacial score (nSPS) is 14.7. The Hall–Kier alpha value is -1.13. The van der Waals surface area contributed by atoms with Crippen LogP contribution in [0.3, 0.4) is 0 Å². The van der Waals surface area contributed by atoms with E-state index in [9.17, 15) is 0 Å². The van der Waals surface area contributed by atoms with Crippen molar-refractivity contribution in [2.24, 2.45) is 0 Å². The van der Waals surface area contributed by atoms with Crippen LogP contribution >= 0.6 is 22.9 Å². The van der Waals surface area contributed by atoms with Crippen LogP contribution in [0.2, 0.25) is 5.02 Å². The number of halogens is 1. The Morgan fingerprint density at radius 1 is 1.25 bits per heavy atom. The lowest BCUT2D eigenvalue weighted by atomic mass is 10.1. The van der Waals surface area contributed by atoms with Gasteiger partial charge in [-0.05, 0) is 38.7 Å². The Kier molecular flexibility index (Phi) is 4.22. The first kappa shape index (κ1) is 13.8. The molecule has 1 N–H and O–H groups in total. The summed E-state index contributed by atoms with van der Waals surface area (Å²) in [4.78, 5) is 10.6. The van der Waals surface area contributed by atoms with E-state index >= 15 is 0 Å². The summed E-state index contributed by atoms with van der Waals surface area (Å²) in [7, 11) is 0. The predicted octanol–water partition coefficient (Wildman–Crippen LogP) is 4.56. The van der Waals surface area contributed by atoms with E-state index in [1.165, 1.54) is 30.5 Å². The highest BCUT2D eigenvalue weighted by Gasteiger charge is 2.17. The molecule has 0 aromatic carbocycles. The fraction of sp³-hybridized carbons (Fsp3) is 0.467. The Bertz CT molecular complexity index is 609. The van der Waals surface area contributed by atoms with Crippen molar-refractivity contribution in [2.75, 3.05) is 11.9 Å². The molecule has 20 heavy (non-hydrogen) atoms. The van der Waals surface area contributed by atoms with Crippen molar-refractivity contribution < 1.29 is 0 Å². The van der Waals surface area contributed by atoms with Gasteiger partial charge in [0.15, 0.2) is 5.82 Å². The lowest BCUT2D eigenvalue weighted by Crippen LogP contribution is -2.09. The highest BCUT2D eigenvalue weighted by atomic mass is 35.5. The fourth-order valence-corrected chi connectivity index (χ4v) is 3.63. The van der Waals surface area contributed by atoms with Crippen molar-refractivity contribution in [3.63, 3.8) is 0 Å². The number of rotatable bonds is 3. The van der Waals surface area contributed by atoms with Crippen LogP contribution in [-0.2, 0) is 12.8 Å². The fourth-order valence-electron chi connectivity index (χ4n) is 2.63. The summed E-state index contributed by atoms with van der Waals surface area (Å²) in [5.41, 5.74) is 2.53. The van der Waals surface area contributed by atoms with E-state index in [4.69, 9.17) is 21.6 Å².